The maximum atomic E-state index is 12.1. The van der Waals surface area contributed by atoms with Gasteiger partial charge in [-0.25, -0.2) is 0 Å². The van der Waals surface area contributed by atoms with Crippen molar-refractivity contribution in [3.05, 3.63) is 54.1 Å². The molecule has 5 heteroatoms. The second kappa shape index (κ2) is 8.61. The molecule has 1 N–H and O–H groups in total. The minimum atomic E-state index is -0.0952. The van der Waals surface area contributed by atoms with Gasteiger partial charge in [0.15, 0.2) is 6.61 Å². The lowest BCUT2D eigenvalue weighted by atomic mass is 10.1. The highest BCUT2D eigenvalue weighted by atomic mass is 16.5. The fourth-order valence-electron chi connectivity index (χ4n) is 3.29. The van der Waals surface area contributed by atoms with Crippen LogP contribution in [0.4, 0.5) is 5.69 Å². The first-order valence-electron chi connectivity index (χ1n) is 9.00. The van der Waals surface area contributed by atoms with Crippen LogP contribution in [0.1, 0.15) is 12.0 Å². The molecule has 138 valence electrons. The van der Waals surface area contributed by atoms with Crippen LogP contribution in [0.15, 0.2) is 48.5 Å². The highest BCUT2D eigenvalue weighted by Gasteiger charge is 2.23. The van der Waals surface area contributed by atoms with Gasteiger partial charge in [-0.3, -0.25) is 4.79 Å². The Bertz CT molecular complexity index is 748. The molecule has 1 aliphatic rings. The van der Waals surface area contributed by atoms with Crippen LogP contribution in [-0.4, -0.2) is 39.3 Å². The Labute approximate surface area is 154 Å². The van der Waals surface area contributed by atoms with Gasteiger partial charge in [0.05, 0.1) is 7.11 Å². The number of methoxy groups -OCH3 is 1. The van der Waals surface area contributed by atoms with Gasteiger partial charge in [0.1, 0.15) is 11.5 Å². The van der Waals surface area contributed by atoms with Crippen molar-refractivity contribution in [2.75, 3.05) is 38.3 Å². The van der Waals surface area contributed by atoms with E-state index < -0.39 is 0 Å². The van der Waals surface area contributed by atoms with Crippen LogP contribution in [0.3, 0.4) is 0 Å². The zero-order valence-electron chi connectivity index (χ0n) is 15.4. The Morgan fingerprint density at radius 1 is 1.19 bits per heavy atom. The van der Waals surface area contributed by atoms with Crippen molar-refractivity contribution < 1.29 is 14.3 Å². The summed E-state index contributed by atoms with van der Waals surface area (Å²) >= 11 is 0. The fourth-order valence-corrected chi connectivity index (χ4v) is 3.29. The van der Waals surface area contributed by atoms with E-state index in [-0.39, 0.29) is 12.5 Å². The molecule has 0 spiro atoms. The van der Waals surface area contributed by atoms with Crippen LogP contribution < -0.4 is 19.7 Å². The molecular weight excluding hydrogens is 328 g/mol. The fraction of sp³-hybridized carbons (Fsp3) is 0.381. The number of ether oxygens (including phenoxy) is 2. The number of hydrogen-bond acceptors (Lipinski definition) is 4. The Kier molecular flexibility index (Phi) is 6.00. The molecule has 2 aromatic rings. The summed E-state index contributed by atoms with van der Waals surface area (Å²) in [7, 11) is 1.60. The van der Waals surface area contributed by atoms with E-state index in [0.29, 0.717) is 24.0 Å². The van der Waals surface area contributed by atoms with Crippen LogP contribution >= 0.6 is 0 Å². The first kappa shape index (κ1) is 18.1. The quantitative estimate of drug-likeness (QED) is 0.830. The van der Waals surface area contributed by atoms with E-state index >= 15 is 0 Å². The highest BCUT2D eigenvalue weighted by Crippen LogP contribution is 2.26. The van der Waals surface area contributed by atoms with E-state index in [4.69, 9.17) is 9.47 Å². The Balaban J connectivity index is 1.42. The number of para-hydroxylation sites is 1. The highest BCUT2D eigenvalue weighted by molar-refractivity contribution is 5.77. The Morgan fingerprint density at radius 3 is 2.81 bits per heavy atom. The molecule has 1 heterocycles. The minimum Gasteiger partial charge on any atom is -0.497 e. The number of aryl methyl sites for hydroxylation is 1. The molecule has 1 fully saturated rings. The molecule has 0 radical (unpaired) electrons. The van der Waals surface area contributed by atoms with E-state index in [1.54, 1.807) is 13.2 Å². The summed E-state index contributed by atoms with van der Waals surface area (Å²) in [6.45, 7) is 4.85. The van der Waals surface area contributed by atoms with Crippen LogP contribution in [-0.2, 0) is 4.79 Å². The number of hydrogen-bond donors (Lipinski definition) is 1. The predicted octanol–water partition coefficient (Wildman–Crippen LogP) is 3.03. The predicted molar refractivity (Wildman–Crippen MR) is 103 cm³/mol. The van der Waals surface area contributed by atoms with Crippen molar-refractivity contribution in [3.8, 4) is 11.5 Å². The third-order valence-corrected chi connectivity index (χ3v) is 4.74. The number of nitrogens with one attached hydrogen (secondary N) is 1. The van der Waals surface area contributed by atoms with Gasteiger partial charge in [-0.15, -0.1) is 0 Å². The van der Waals surface area contributed by atoms with E-state index in [1.165, 1.54) is 11.3 Å². The summed E-state index contributed by atoms with van der Waals surface area (Å²) in [6, 6.07) is 15.7. The van der Waals surface area contributed by atoms with Gasteiger partial charge in [-0.1, -0.05) is 24.3 Å². The van der Waals surface area contributed by atoms with Gasteiger partial charge in [0, 0.05) is 31.4 Å². The van der Waals surface area contributed by atoms with Crippen molar-refractivity contribution in [2.24, 2.45) is 5.92 Å². The summed E-state index contributed by atoms with van der Waals surface area (Å²) in [4.78, 5) is 14.5. The number of carbonyl (C=O) groups is 1. The summed E-state index contributed by atoms with van der Waals surface area (Å²) in [5.74, 6) is 1.72. The normalized spacial score (nSPS) is 16.4. The van der Waals surface area contributed by atoms with Crippen molar-refractivity contribution in [1.82, 2.24) is 5.32 Å². The molecule has 1 aliphatic heterocycles. The topological polar surface area (TPSA) is 50.8 Å². The van der Waals surface area contributed by atoms with Crippen LogP contribution in [0.5, 0.6) is 11.5 Å². The molecule has 0 aromatic heterocycles. The average Bonchev–Trinajstić information content (AvgIpc) is 3.14. The van der Waals surface area contributed by atoms with Gasteiger partial charge < -0.3 is 19.7 Å². The number of carbonyl (C=O) groups excluding carboxylic acids is 1. The summed E-state index contributed by atoms with van der Waals surface area (Å²) < 4.78 is 10.7. The van der Waals surface area contributed by atoms with E-state index in [1.807, 2.05) is 18.2 Å². The lowest BCUT2D eigenvalue weighted by molar-refractivity contribution is -0.123. The number of amides is 1. The second-order valence-electron chi connectivity index (χ2n) is 6.66. The van der Waals surface area contributed by atoms with E-state index in [2.05, 4.69) is 41.4 Å². The maximum absolute atomic E-state index is 12.1. The van der Waals surface area contributed by atoms with Crippen LogP contribution in [0.2, 0.25) is 0 Å². The average molecular weight is 354 g/mol. The molecule has 0 aliphatic carbocycles. The van der Waals surface area contributed by atoms with Gasteiger partial charge in [0.2, 0.25) is 0 Å². The van der Waals surface area contributed by atoms with E-state index in [0.717, 1.165) is 19.5 Å². The zero-order valence-corrected chi connectivity index (χ0v) is 15.4. The maximum Gasteiger partial charge on any atom is 0.257 e. The Hall–Kier alpha value is -2.69. The third-order valence-electron chi connectivity index (χ3n) is 4.74. The van der Waals surface area contributed by atoms with Crippen LogP contribution in [0, 0.1) is 12.8 Å². The van der Waals surface area contributed by atoms with Crippen molar-refractivity contribution in [1.29, 1.82) is 0 Å². The Morgan fingerprint density at radius 2 is 2.00 bits per heavy atom. The van der Waals surface area contributed by atoms with Gasteiger partial charge in [-0.05, 0) is 43.0 Å². The lowest BCUT2D eigenvalue weighted by Crippen LogP contribution is -2.34. The molecule has 2 aromatic carbocycles. The molecular formula is C21H26N2O3. The second-order valence-corrected chi connectivity index (χ2v) is 6.66. The van der Waals surface area contributed by atoms with E-state index in [9.17, 15) is 4.79 Å². The van der Waals surface area contributed by atoms with Gasteiger partial charge in [0.25, 0.3) is 5.91 Å². The van der Waals surface area contributed by atoms with Crippen molar-refractivity contribution in [3.63, 3.8) is 0 Å². The molecule has 5 nitrogen and oxygen atoms in total. The molecule has 3 rings (SSSR count). The smallest absolute Gasteiger partial charge is 0.257 e. The molecule has 0 saturated carbocycles. The zero-order chi connectivity index (χ0) is 18.4. The van der Waals surface area contributed by atoms with Crippen LogP contribution in [0.25, 0.3) is 0 Å². The van der Waals surface area contributed by atoms with Crippen molar-refractivity contribution in [2.45, 2.75) is 13.3 Å². The molecule has 0 unspecified atom stereocenters. The molecule has 1 saturated heterocycles. The molecule has 0 bridgehead atoms. The standard InChI is InChI=1S/C21H26N2O3/c1-16-6-3-4-9-20(16)23-11-10-17(14-23)13-22-21(24)15-26-19-8-5-7-18(12-19)25-2/h3-9,12,17H,10-11,13-15H2,1-2H3,(H,22,24)/t17-/m0/s1. The number of nitrogens with zero attached hydrogens (tertiary/aromatic N) is 1. The number of benzene rings is 2. The third kappa shape index (κ3) is 4.69. The summed E-state index contributed by atoms with van der Waals surface area (Å²) in [5, 5.41) is 2.99. The molecule has 1 atom stereocenters. The van der Waals surface area contributed by atoms with Gasteiger partial charge >= 0.3 is 0 Å². The molecule has 1 amide bonds. The summed E-state index contributed by atoms with van der Waals surface area (Å²) in [5.41, 5.74) is 2.59. The minimum absolute atomic E-state index is 0.0153. The lowest BCUT2D eigenvalue weighted by Gasteiger charge is -2.21. The monoisotopic (exact) mass is 354 g/mol. The summed E-state index contributed by atoms with van der Waals surface area (Å²) in [6.07, 6.45) is 1.09. The van der Waals surface area contributed by atoms with Crippen molar-refractivity contribution >= 4 is 11.6 Å². The van der Waals surface area contributed by atoms with Gasteiger partial charge in [-0.2, -0.15) is 0 Å². The molecule has 26 heavy (non-hydrogen) atoms. The SMILES string of the molecule is COc1cccc(OCC(=O)NC[C@@H]2CCN(c3ccccc3C)C2)c1. The first-order valence-corrected chi connectivity index (χ1v) is 9.00. The number of anilines is 1. The first-order chi connectivity index (χ1) is 12.7. The number of rotatable bonds is 7. The largest absolute Gasteiger partial charge is 0.497 e.